The summed E-state index contributed by atoms with van der Waals surface area (Å²) in [4.78, 5) is 33.4. The number of aromatic nitrogens is 1. The largest absolute Gasteiger partial charge is 0.349 e. The lowest BCUT2D eigenvalue weighted by Gasteiger charge is -2.40. The first kappa shape index (κ1) is 18.8. The van der Waals surface area contributed by atoms with Gasteiger partial charge in [0.1, 0.15) is 0 Å². The standard InChI is InChI=1S/C20H30N4O2/c1-2-18(25)23-11-13-24(14-12-23)19(16-7-3-4-8-16)20(26)22-15-17-9-5-6-10-21-17/h5-6,9-10,16,19H,2-4,7-8,11-15H2,1H3,(H,22,26)/t19-/m1/s1. The molecule has 1 aliphatic heterocycles. The molecule has 6 heteroatoms. The SMILES string of the molecule is CCC(=O)N1CCN([C@@H](C(=O)NCc2ccccn2)C2CCCC2)CC1. The molecule has 2 fully saturated rings. The number of piperazine rings is 1. The first-order valence-electron chi connectivity index (χ1n) is 9.88. The molecule has 1 saturated carbocycles. The van der Waals surface area contributed by atoms with Crippen molar-refractivity contribution in [2.45, 2.75) is 51.6 Å². The number of carbonyl (C=O) groups is 2. The number of hydrogen-bond acceptors (Lipinski definition) is 4. The highest BCUT2D eigenvalue weighted by Gasteiger charge is 2.37. The summed E-state index contributed by atoms with van der Waals surface area (Å²) in [6.07, 6.45) is 6.97. The van der Waals surface area contributed by atoms with Gasteiger partial charge < -0.3 is 10.2 Å². The van der Waals surface area contributed by atoms with Gasteiger partial charge in [0.15, 0.2) is 0 Å². The Hall–Kier alpha value is -1.95. The Bertz CT molecular complexity index is 593. The molecular formula is C20H30N4O2. The third-order valence-corrected chi connectivity index (χ3v) is 5.65. The number of rotatable bonds is 6. The minimum absolute atomic E-state index is 0.0832. The lowest BCUT2D eigenvalue weighted by atomic mass is 9.95. The highest BCUT2D eigenvalue weighted by atomic mass is 16.2. The molecule has 142 valence electrons. The first-order valence-corrected chi connectivity index (χ1v) is 9.88. The summed E-state index contributed by atoms with van der Waals surface area (Å²) < 4.78 is 0. The number of amides is 2. The molecule has 6 nitrogen and oxygen atoms in total. The van der Waals surface area contributed by atoms with Crippen molar-refractivity contribution < 1.29 is 9.59 Å². The number of nitrogens with one attached hydrogen (secondary N) is 1. The minimum Gasteiger partial charge on any atom is -0.349 e. The molecule has 1 N–H and O–H groups in total. The summed E-state index contributed by atoms with van der Waals surface area (Å²) in [5, 5.41) is 3.09. The van der Waals surface area contributed by atoms with Crippen LogP contribution in [-0.4, -0.2) is 58.8 Å². The van der Waals surface area contributed by atoms with Gasteiger partial charge in [0.05, 0.1) is 18.3 Å². The number of carbonyl (C=O) groups excluding carboxylic acids is 2. The Labute approximate surface area is 156 Å². The van der Waals surface area contributed by atoms with Crippen LogP contribution in [0.2, 0.25) is 0 Å². The van der Waals surface area contributed by atoms with Crippen molar-refractivity contribution in [2.24, 2.45) is 5.92 Å². The molecule has 0 aromatic carbocycles. The molecule has 2 amide bonds. The van der Waals surface area contributed by atoms with Crippen molar-refractivity contribution in [2.75, 3.05) is 26.2 Å². The van der Waals surface area contributed by atoms with Crippen molar-refractivity contribution in [3.63, 3.8) is 0 Å². The number of pyridine rings is 1. The predicted octanol–water partition coefficient (Wildman–Crippen LogP) is 1.81. The van der Waals surface area contributed by atoms with E-state index in [1.54, 1.807) is 6.20 Å². The molecular weight excluding hydrogens is 328 g/mol. The zero-order valence-corrected chi connectivity index (χ0v) is 15.7. The summed E-state index contributed by atoms with van der Waals surface area (Å²) in [6.45, 7) is 5.39. The van der Waals surface area contributed by atoms with Gasteiger partial charge in [0.2, 0.25) is 11.8 Å². The average molecular weight is 358 g/mol. The van der Waals surface area contributed by atoms with Crippen molar-refractivity contribution >= 4 is 11.8 Å². The van der Waals surface area contributed by atoms with Gasteiger partial charge in [-0.05, 0) is 30.9 Å². The predicted molar refractivity (Wildman–Crippen MR) is 100 cm³/mol. The molecule has 0 unspecified atom stereocenters. The van der Waals surface area contributed by atoms with Crippen LogP contribution in [0.3, 0.4) is 0 Å². The van der Waals surface area contributed by atoms with Gasteiger partial charge in [-0.15, -0.1) is 0 Å². The fourth-order valence-electron chi connectivity index (χ4n) is 4.21. The van der Waals surface area contributed by atoms with E-state index in [1.165, 1.54) is 12.8 Å². The Morgan fingerprint density at radius 3 is 2.54 bits per heavy atom. The summed E-state index contributed by atoms with van der Waals surface area (Å²) in [6, 6.07) is 5.66. The maximum absolute atomic E-state index is 13.0. The number of hydrogen-bond donors (Lipinski definition) is 1. The van der Waals surface area contributed by atoms with E-state index >= 15 is 0 Å². The van der Waals surface area contributed by atoms with Crippen LogP contribution in [0, 0.1) is 5.92 Å². The third-order valence-electron chi connectivity index (χ3n) is 5.65. The van der Waals surface area contributed by atoms with Gasteiger partial charge in [-0.1, -0.05) is 25.8 Å². The molecule has 1 aromatic heterocycles. The summed E-state index contributed by atoms with van der Waals surface area (Å²) in [7, 11) is 0. The monoisotopic (exact) mass is 358 g/mol. The van der Waals surface area contributed by atoms with Crippen LogP contribution in [0.1, 0.15) is 44.7 Å². The van der Waals surface area contributed by atoms with Gasteiger partial charge >= 0.3 is 0 Å². The molecule has 0 bridgehead atoms. The lowest BCUT2D eigenvalue weighted by Crippen LogP contribution is -2.57. The van der Waals surface area contributed by atoms with Crippen LogP contribution in [0.25, 0.3) is 0 Å². The second-order valence-corrected chi connectivity index (χ2v) is 7.30. The van der Waals surface area contributed by atoms with Crippen molar-refractivity contribution in [3.8, 4) is 0 Å². The Kier molecular flexibility index (Phi) is 6.61. The second-order valence-electron chi connectivity index (χ2n) is 7.30. The average Bonchev–Trinajstić information content (AvgIpc) is 3.21. The molecule has 1 saturated heterocycles. The van der Waals surface area contributed by atoms with Crippen molar-refractivity contribution in [3.05, 3.63) is 30.1 Å². The summed E-state index contributed by atoms with van der Waals surface area (Å²) in [5.74, 6) is 0.742. The Morgan fingerprint density at radius 1 is 1.19 bits per heavy atom. The second kappa shape index (κ2) is 9.12. The maximum Gasteiger partial charge on any atom is 0.237 e. The smallest absolute Gasteiger partial charge is 0.237 e. The van der Waals surface area contributed by atoms with Crippen LogP contribution in [0.15, 0.2) is 24.4 Å². The summed E-state index contributed by atoms with van der Waals surface area (Å²) in [5.41, 5.74) is 0.879. The highest BCUT2D eigenvalue weighted by molar-refractivity contribution is 5.82. The van der Waals surface area contributed by atoms with E-state index in [1.807, 2.05) is 30.0 Å². The summed E-state index contributed by atoms with van der Waals surface area (Å²) >= 11 is 0. The molecule has 3 rings (SSSR count). The highest BCUT2D eigenvalue weighted by Crippen LogP contribution is 2.31. The zero-order valence-electron chi connectivity index (χ0n) is 15.7. The third kappa shape index (κ3) is 4.61. The van der Waals surface area contributed by atoms with Gasteiger partial charge in [-0.2, -0.15) is 0 Å². The fraction of sp³-hybridized carbons (Fsp3) is 0.650. The van der Waals surface area contributed by atoms with Crippen molar-refractivity contribution in [1.29, 1.82) is 0 Å². The topological polar surface area (TPSA) is 65.5 Å². The molecule has 2 heterocycles. The van der Waals surface area contributed by atoms with Gasteiger partial charge in [0.25, 0.3) is 0 Å². The maximum atomic E-state index is 13.0. The molecule has 2 aliphatic rings. The van der Waals surface area contributed by atoms with Gasteiger partial charge in [0, 0.05) is 38.8 Å². The van der Waals surface area contributed by atoms with E-state index in [4.69, 9.17) is 0 Å². The first-order chi connectivity index (χ1) is 12.7. The quantitative estimate of drug-likeness (QED) is 0.842. The van der Waals surface area contributed by atoms with Gasteiger partial charge in [-0.25, -0.2) is 0 Å². The molecule has 1 aliphatic carbocycles. The zero-order chi connectivity index (χ0) is 18.4. The normalized spacial score (nSPS) is 20.1. The van der Waals surface area contributed by atoms with E-state index in [2.05, 4.69) is 15.2 Å². The minimum atomic E-state index is -0.0832. The van der Waals surface area contributed by atoms with Crippen LogP contribution < -0.4 is 5.32 Å². The Balaban J connectivity index is 1.62. The molecule has 26 heavy (non-hydrogen) atoms. The van der Waals surface area contributed by atoms with Crippen LogP contribution in [0.4, 0.5) is 0 Å². The molecule has 1 atom stereocenters. The fourth-order valence-corrected chi connectivity index (χ4v) is 4.21. The lowest BCUT2D eigenvalue weighted by molar-refractivity contribution is -0.135. The van der Waals surface area contributed by atoms with E-state index in [0.29, 0.717) is 18.9 Å². The molecule has 0 spiro atoms. The Morgan fingerprint density at radius 2 is 1.92 bits per heavy atom. The van der Waals surface area contributed by atoms with E-state index in [0.717, 1.165) is 44.7 Å². The van der Waals surface area contributed by atoms with E-state index in [-0.39, 0.29) is 17.9 Å². The van der Waals surface area contributed by atoms with Crippen LogP contribution >= 0.6 is 0 Å². The van der Waals surface area contributed by atoms with Crippen LogP contribution in [-0.2, 0) is 16.1 Å². The molecule has 1 aromatic rings. The van der Waals surface area contributed by atoms with E-state index in [9.17, 15) is 9.59 Å². The number of nitrogens with zero attached hydrogens (tertiary/aromatic N) is 3. The van der Waals surface area contributed by atoms with Crippen LogP contribution in [0.5, 0.6) is 0 Å². The van der Waals surface area contributed by atoms with E-state index < -0.39 is 0 Å². The van der Waals surface area contributed by atoms with Gasteiger partial charge in [-0.3, -0.25) is 19.5 Å². The molecule has 0 radical (unpaired) electrons. The van der Waals surface area contributed by atoms with Crippen molar-refractivity contribution in [1.82, 2.24) is 20.1 Å².